The highest BCUT2D eigenvalue weighted by Gasteiger charge is 2.32. The number of likely N-dealkylation sites (N-methyl/N-ethyl adjacent to an activating group) is 2. The standard InChI is InChI=1S/C40H51N7O3S/c1-6-45-21-23-47(24-22-45)36(39(49)46(7-2)8-3)28-17-19-30(20-18-28)41-37-40(50)44(5)26-33(42-37)31-14-12-15-32(27(31)4)43-38(48)35-25-29-13-10-9-11-16-34(29)51-35/h12,14-15,17-20,25-26,36H,6-11,13,16,21-24H2,1-5H3,(H,41,42)(H,43,48). The molecule has 3 heterocycles. The van der Waals surface area contributed by atoms with Gasteiger partial charge in [-0.15, -0.1) is 11.3 Å². The molecule has 2 aromatic heterocycles. The number of nitrogens with one attached hydrogen (secondary N) is 2. The van der Waals surface area contributed by atoms with Crippen molar-refractivity contribution >= 4 is 40.3 Å². The second kappa shape index (κ2) is 16.4. The number of hydrogen-bond donors (Lipinski definition) is 2. The van der Waals surface area contributed by atoms with Crippen molar-refractivity contribution in [1.29, 1.82) is 0 Å². The molecule has 1 saturated heterocycles. The molecule has 51 heavy (non-hydrogen) atoms. The minimum absolute atomic E-state index is 0.100. The van der Waals surface area contributed by atoms with E-state index in [1.165, 1.54) is 34.3 Å². The predicted octanol–water partition coefficient (Wildman–Crippen LogP) is 6.63. The fourth-order valence-corrected chi connectivity index (χ4v) is 8.42. The fraction of sp³-hybridized carbons (Fsp3) is 0.450. The molecule has 6 rings (SSSR count). The highest BCUT2D eigenvalue weighted by Crippen LogP contribution is 2.32. The minimum atomic E-state index is -0.363. The molecular formula is C40H51N7O3S. The Morgan fingerprint density at radius 1 is 0.961 bits per heavy atom. The largest absolute Gasteiger partial charge is 0.342 e. The zero-order valence-corrected chi connectivity index (χ0v) is 31.4. The Kier molecular flexibility index (Phi) is 11.7. The molecule has 1 fully saturated rings. The fourth-order valence-electron chi connectivity index (χ4n) is 7.27. The molecule has 4 aromatic rings. The molecular weight excluding hydrogens is 659 g/mol. The van der Waals surface area contributed by atoms with Crippen LogP contribution in [-0.4, -0.2) is 81.9 Å². The molecule has 2 aromatic carbocycles. The van der Waals surface area contributed by atoms with Gasteiger partial charge in [0.1, 0.15) is 6.04 Å². The number of anilines is 3. The Morgan fingerprint density at radius 2 is 1.69 bits per heavy atom. The third-order valence-electron chi connectivity index (χ3n) is 10.4. The van der Waals surface area contributed by atoms with Gasteiger partial charge in [0.15, 0.2) is 5.82 Å². The number of aromatic nitrogens is 2. The molecule has 0 spiro atoms. The summed E-state index contributed by atoms with van der Waals surface area (Å²) in [5, 5.41) is 6.38. The van der Waals surface area contributed by atoms with Crippen LogP contribution < -0.4 is 16.2 Å². The smallest absolute Gasteiger partial charge is 0.293 e. The summed E-state index contributed by atoms with van der Waals surface area (Å²) in [4.78, 5) is 53.9. The quantitative estimate of drug-likeness (QED) is 0.169. The first-order chi connectivity index (χ1) is 24.7. The van der Waals surface area contributed by atoms with Crippen molar-refractivity contribution in [3.8, 4) is 11.3 Å². The summed E-state index contributed by atoms with van der Waals surface area (Å²) < 4.78 is 1.52. The number of rotatable bonds is 11. The average Bonchev–Trinajstić information content (AvgIpc) is 3.42. The molecule has 1 atom stereocenters. The van der Waals surface area contributed by atoms with E-state index in [1.54, 1.807) is 24.6 Å². The van der Waals surface area contributed by atoms with Crippen LogP contribution >= 0.6 is 11.3 Å². The monoisotopic (exact) mass is 709 g/mol. The number of hydrogen-bond acceptors (Lipinski definition) is 8. The van der Waals surface area contributed by atoms with Crippen LogP contribution in [0.25, 0.3) is 11.3 Å². The molecule has 0 bridgehead atoms. The Hall–Kier alpha value is -4.32. The highest BCUT2D eigenvalue weighted by molar-refractivity contribution is 7.14. The van der Waals surface area contributed by atoms with Gasteiger partial charge in [0, 0.05) is 74.3 Å². The number of fused-ring (bicyclic) bond motifs is 1. The van der Waals surface area contributed by atoms with Crippen LogP contribution in [0.5, 0.6) is 0 Å². The lowest BCUT2D eigenvalue weighted by atomic mass is 10.0. The van der Waals surface area contributed by atoms with Crippen molar-refractivity contribution in [2.45, 2.75) is 65.8 Å². The summed E-state index contributed by atoms with van der Waals surface area (Å²) >= 11 is 1.61. The summed E-state index contributed by atoms with van der Waals surface area (Å²) in [5.74, 6) is 0.215. The van der Waals surface area contributed by atoms with Crippen molar-refractivity contribution in [2.75, 3.05) is 56.4 Å². The van der Waals surface area contributed by atoms with Gasteiger partial charge in [-0.3, -0.25) is 19.3 Å². The molecule has 1 aliphatic heterocycles. The zero-order chi connectivity index (χ0) is 36.1. The lowest BCUT2D eigenvalue weighted by Gasteiger charge is -2.40. The summed E-state index contributed by atoms with van der Waals surface area (Å²) in [7, 11) is 1.71. The van der Waals surface area contributed by atoms with Gasteiger partial charge in [-0.05, 0) is 94.0 Å². The van der Waals surface area contributed by atoms with E-state index in [-0.39, 0.29) is 29.2 Å². The SMILES string of the molecule is CCN1CCN(C(C(=O)N(CC)CC)c2ccc(Nc3nc(-c4cccc(NC(=O)c5cc6c(s5)CCCCC6)c4C)cn(C)c3=O)cc2)CC1. The summed E-state index contributed by atoms with van der Waals surface area (Å²) in [6, 6.07) is 15.3. The van der Waals surface area contributed by atoms with Gasteiger partial charge in [0.2, 0.25) is 5.91 Å². The Bertz CT molecular complexity index is 1880. The van der Waals surface area contributed by atoms with Crippen LogP contribution in [0.2, 0.25) is 0 Å². The van der Waals surface area contributed by atoms with Crippen LogP contribution in [-0.2, 0) is 24.7 Å². The highest BCUT2D eigenvalue weighted by atomic mass is 32.1. The van der Waals surface area contributed by atoms with Crippen LogP contribution in [0.4, 0.5) is 17.2 Å². The van der Waals surface area contributed by atoms with E-state index in [4.69, 9.17) is 4.98 Å². The molecule has 1 aliphatic carbocycles. The Morgan fingerprint density at radius 3 is 2.39 bits per heavy atom. The summed E-state index contributed by atoms with van der Waals surface area (Å²) in [6.45, 7) is 14.1. The molecule has 2 amide bonds. The van der Waals surface area contributed by atoms with Gasteiger partial charge in [-0.2, -0.15) is 0 Å². The van der Waals surface area contributed by atoms with Gasteiger partial charge < -0.3 is 25.0 Å². The van der Waals surface area contributed by atoms with E-state index in [2.05, 4.69) is 33.4 Å². The van der Waals surface area contributed by atoms with Crippen LogP contribution in [0.1, 0.15) is 77.3 Å². The van der Waals surface area contributed by atoms with E-state index in [9.17, 15) is 14.4 Å². The van der Waals surface area contributed by atoms with Gasteiger partial charge in [0.05, 0.1) is 10.6 Å². The maximum Gasteiger partial charge on any atom is 0.293 e. The van der Waals surface area contributed by atoms with E-state index < -0.39 is 0 Å². The van der Waals surface area contributed by atoms with Crippen LogP contribution in [0.15, 0.2) is 59.5 Å². The van der Waals surface area contributed by atoms with Crippen molar-refractivity contribution in [3.63, 3.8) is 0 Å². The van der Waals surface area contributed by atoms with E-state index >= 15 is 0 Å². The number of benzene rings is 2. The number of carbonyl (C=O) groups is 2. The van der Waals surface area contributed by atoms with Gasteiger partial charge in [-0.1, -0.05) is 37.6 Å². The number of aryl methyl sites for hydroxylation is 3. The molecule has 0 saturated carbocycles. The molecule has 1 unspecified atom stereocenters. The summed E-state index contributed by atoms with van der Waals surface area (Å²) in [6.07, 6.45) is 7.42. The lowest BCUT2D eigenvalue weighted by Crippen LogP contribution is -2.51. The average molecular weight is 710 g/mol. The van der Waals surface area contributed by atoms with Gasteiger partial charge >= 0.3 is 0 Å². The van der Waals surface area contributed by atoms with Crippen LogP contribution in [0.3, 0.4) is 0 Å². The number of carbonyl (C=O) groups excluding carboxylic acids is 2. The van der Waals surface area contributed by atoms with Crippen LogP contribution in [0, 0.1) is 6.92 Å². The number of amides is 2. The maximum atomic E-state index is 13.8. The van der Waals surface area contributed by atoms with Gasteiger partial charge in [-0.25, -0.2) is 4.98 Å². The first kappa shape index (κ1) is 36.5. The van der Waals surface area contributed by atoms with Crippen molar-refractivity contribution < 1.29 is 9.59 Å². The minimum Gasteiger partial charge on any atom is -0.342 e. The second-order valence-corrected chi connectivity index (χ2v) is 14.7. The third kappa shape index (κ3) is 8.11. The number of thiophene rings is 1. The Labute approximate surface area is 305 Å². The normalized spacial score (nSPS) is 15.9. The lowest BCUT2D eigenvalue weighted by molar-refractivity contribution is -0.137. The second-order valence-electron chi connectivity index (χ2n) is 13.6. The topological polar surface area (TPSA) is 103 Å². The molecule has 0 radical (unpaired) electrons. The van der Waals surface area contributed by atoms with Gasteiger partial charge in [0.25, 0.3) is 11.5 Å². The Balaban J connectivity index is 1.22. The first-order valence-corrected chi connectivity index (χ1v) is 19.2. The molecule has 2 aliphatic rings. The molecule has 2 N–H and O–H groups in total. The van der Waals surface area contributed by atoms with Crippen molar-refractivity contribution in [1.82, 2.24) is 24.3 Å². The van der Waals surface area contributed by atoms with E-state index in [0.29, 0.717) is 30.2 Å². The van der Waals surface area contributed by atoms with E-state index in [1.807, 2.05) is 68.1 Å². The molecule has 10 nitrogen and oxygen atoms in total. The van der Waals surface area contributed by atoms with Crippen molar-refractivity contribution in [2.24, 2.45) is 7.05 Å². The molecule has 270 valence electrons. The third-order valence-corrected chi connectivity index (χ3v) is 11.7. The number of piperazine rings is 1. The summed E-state index contributed by atoms with van der Waals surface area (Å²) in [5.41, 5.74) is 5.72. The zero-order valence-electron chi connectivity index (χ0n) is 30.6. The van der Waals surface area contributed by atoms with Crippen molar-refractivity contribution in [3.05, 3.63) is 91.5 Å². The van der Waals surface area contributed by atoms with E-state index in [0.717, 1.165) is 67.1 Å². The predicted molar refractivity (Wildman–Crippen MR) is 207 cm³/mol. The number of nitrogens with zero attached hydrogens (tertiary/aromatic N) is 5. The molecule has 11 heteroatoms. The first-order valence-electron chi connectivity index (χ1n) is 18.4. The maximum absolute atomic E-state index is 13.8.